The van der Waals surface area contributed by atoms with Gasteiger partial charge < -0.3 is 34.0 Å². The van der Waals surface area contributed by atoms with Crippen molar-refractivity contribution < 1.29 is 201 Å². The van der Waals surface area contributed by atoms with Gasteiger partial charge >= 0.3 is 118 Å². The van der Waals surface area contributed by atoms with Crippen LogP contribution in [0.4, 0.5) is 34.6 Å². The molecular formula is C31H20ClN7Na4O19S6. The second-order valence-electron chi connectivity index (χ2n) is 12.5. The second-order valence-corrected chi connectivity index (χ2v) is 21.5. The molecule has 340 valence electrons. The Hall–Kier alpha value is -1.62. The van der Waals surface area contributed by atoms with Gasteiger partial charge in [0, 0.05) is 21.8 Å². The van der Waals surface area contributed by atoms with E-state index in [0.717, 1.165) is 36.4 Å². The van der Waals surface area contributed by atoms with E-state index in [2.05, 4.69) is 40.0 Å². The summed E-state index contributed by atoms with van der Waals surface area (Å²) in [5.74, 6) is -3.12. The maximum absolute atomic E-state index is 12.6. The topological polar surface area (TPSA) is 434 Å². The predicted molar refractivity (Wildman–Crippen MR) is 213 cm³/mol. The number of rotatable bonds is 15. The molecule has 0 aliphatic heterocycles. The number of halogens is 1. The first-order valence-corrected chi connectivity index (χ1v) is 25.5. The van der Waals surface area contributed by atoms with Crippen molar-refractivity contribution in [3.05, 3.63) is 78.1 Å². The Bertz CT molecular complexity index is 3680. The molecule has 6 aromatic rings. The Morgan fingerprint density at radius 2 is 1.25 bits per heavy atom. The number of anilines is 4. The molecule has 0 radical (unpaired) electrons. The van der Waals surface area contributed by atoms with Crippen LogP contribution in [0.3, 0.4) is 0 Å². The molecule has 0 amide bonds. The number of hydrogen-bond donors (Lipinski definition) is 4. The molecule has 0 aliphatic carbocycles. The number of aromatic nitrogens is 3. The molecule has 26 nitrogen and oxygen atoms in total. The fraction of sp³-hybridized carbons (Fsp3) is 0.0645. The zero-order chi connectivity index (χ0) is 47.4. The van der Waals surface area contributed by atoms with E-state index in [1.165, 1.54) is 12.1 Å². The molecule has 68 heavy (non-hydrogen) atoms. The molecule has 4 N–H and O–H groups in total. The van der Waals surface area contributed by atoms with Crippen LogP contribution in [-0.4, -0.2) is 106 Å². The van der Waals surface area contributed by atoms with E-state index in [-0.39, 0.29) is 129 Å². The van der Waals surface area contributed by atoms with Gasteiger partial charge in [-0.05, 0) is 71.6 Å². The molecule has 0 fully saturated rings. The number of sulfone groups is 1. The fourth-order valence-electron chi connectivity index (χ4n) is 5.77. The minimum absolute atomic E-state index is 0. The zero-order valence-corrected chi connectivity index (χ0v) is 48.4. The van der Waals surface area contributed by atoms with Gasteiger partial charge in [-0.1, -0.05) is 18.2 Å². The zero-order valence-electron chi connectivity index (χ0n) is 34.7. The summed E-state index contributed by atoms with van der Waals surface area (Å²) in [7, 11) is -31.1. The number of phenolic OH excluding ortho intramolecular Hbond substituents is 1. The van der Waals surface area contributed by atoms with Crippen LogP contribution in [0, 0.1) is 0 Å². The Balaban J connectivity index is 0.00000397. The van der Waals surface area contributed by atoms with Gasteiger partial charge in [-0.25, -0.2) is 42.1 Å². The van der Waals surface area contributed by atoms with Crippen molar-refractivity contribution in [1.82, 2.24) is 15.0 Å². The van der Waals surface area contributed by atoms with Gasteiger partial charge in [0.15, 0.2) is 15.6 Å². The van der Waals surface area contributed by atoms with Gasteiger partial charge in [0.1, 0.15) is 46.6 Å². The standard InChI is InChI=1S/C31H24ClN7O19S6.4Na/c32-29-35-30(33-16-4-6-17(7-5-16)59(41,42)11-10-58-64(55,56)57)37-31(36-29)34-22-14-18(60(43,44)45)12-15-13-24(62(49,50)51)26(27(40)25(15)22)39-38-21-9-8-19-20(28(21)63(52,53)54)2-1-3-23(19)61(46,47)48;;;;/h1-9,12-14,40H,10-11H2,(H,43,44,45)(H,46,47,48)(H,49,50,51)(H,52,53,54)(H,55,56,57)(H2,33,34,35,36,37);;;;/q;4*+1/p-4. The van der Waals surface area contributed by atoms with E-state index in [1.54, 1.807) is 0 Å². The van der Waals surface area contributed by atoms with Gasteiger partial charge in [0.05, 0.1) is 37.6 Å². The Labute approximate surface area is 479 Å². The number of fused-ring (bicyclic) bond motifs is 2. The van der Waals surface area contributed by atoms with Gasteiger partial charge in [-0.15, -0.1) is 10.2 Å². The summed E-state index contributed by atoms with van der Waals surface area (Å²) in [6.07, 6.45) is 0. The molecule has 0 bridgehead atoms. The molecule has 0 saturated heterocycles. The summed E-state index contributed by atoms with van der Waals surface area (Å²) in [6, 6.07) is 10.5. The smallest absolute Gasteiger partial charge is 0.744 e. The van der Waals surface area contributed by atoms with Crippen LogP contribution >= 0.6 is 11.6 Å². The minimum atomic E-state index is -5.63. The molecule has 37 heteroatoms. The third-order valence-electron chi connectivity index (χ3n) is 8.32. The van der Waals surface area contributed by atoms with Crippen molar-refractivity contribution in [3.8, 4) is 5.75 Å². The normalized spacial score (nSPS) is 12.4. The van der Waals surface area contributed by atoms with Crippen LogP contribution < -0.4 is 129 Å². The van der Waals surface area contributed by atoms with E-state index in [0.29, 0.717) is 24.3 Å². The van der Waals surface area contributed by atoms with Gasteiger partial charge in [0.2, 0.25) is 27.6 Å². The summed E-state index contributed by atoms with van der Waals surface area (Å²) in [6.45, 7) is -0.957. The quantitative estimate of drug-likeness (QED) is 0.0321. The molecule has 5 aromatic carbocycles. The Morgan fingerprint density at radius 3 is 1.79 bits per heavy atom. The first kappa shape index (κ1) is 62.5. The molecule has 0 atom stereocenters. The van der Waals surface area contributed by atoms with Crippen molar-refractivity contribution >= 4 is 129 Å². The first-order chi connectivity index (χ1) is 29.4. The Kier molecular flexibility index (Phi) is 21.6. The molecule has 0 aliphatic rings. The van der Waals surface area contributed by atoms with Crippen molar-refractivity contribution in [1.29, 1.82) is 0 Å². The van der Waals surface area contributed by atoms with Crippen molar-refractivity contribution in [2.75, 3.05) is 23.0 Å². The number of hydrogen-bond acceptors (Lipinski definition) is 25. The van der Waals surface area contributed by atoms with Crippen molar-refractivity contribution in [2.45, 2.75) is 24.5 Å². The molecule has 1 heterocycles. The molecule has 0 unspecified atom stereocenters. The van der Waals surface area contributed by atoms with Crippen LogP contribution in [0.25, 0.3) is 21.5 Å². The summed E-state index contributed by atoms with van der Waals surface area (Å²) < 4.78 is 206. The maximum Gasteiger partial charge on any atom is 1.00 e. The van der Waals surface area contributed by atoms with Crippen LogP contribution in [0.2, 0.25) is 5.28 Å². The first-order valence-electron chi connectivity index (χ1n) is 16.5. The summed E-state index contributed by atoms with van der Waals surface area (Å²) in [5, 5.41) is 20.9. The number of nitrogens with one attached hydrogen (secondary N) is 2. The average molecular weight is 1110 g/mol. The SMILES string of the molecule is O=S(=O)([O-])OCCS(=O)(=O)c1ccc(Nc2nc(Cl)nc(Nc3cc(S(=O)(=O)[O-])cc4cc(S(=O)(=O)O)c(N=Nc5ccc6c(S(=O)(=O)[O-])cccc6c5S(=O)(=O)[O-])c(O)c34)n2)cc1.[Na+].[Na+].[Na+].[Na+]. The summed E-state index contributed by atoms with van der Waals surface area (Å²) >= 11 is 6.08. The largest absolute Gasteiger partial charge is 1.00 e. The molecule has 0 spiro atoms. The third kappa shape index (κ3) is 15.2. The summed E-state index contributed by atoms with van der Waals surface area (Å²) in [4.78, 5) is 6.84. The van der Waals surface area contributed by atoms with E-state index in [4.69, 9.17) is 11.6 Å². The van der Waals surface area contributed by atoms with Crippen LogP contribution in [0.15, 0.2) is 108 Å². The van der Waals surface area contributed by atoms with Crippen LogP contribution in [0.5, 0.6) is 5.75 Å². The van der Waals surface area contributed by atoms with Crippen molar-refractivity contribution in [3.63, 3.8) is 0 Å². The number of aromatic hydroxyl groups is 1. The van der Waals surface area contributed by atoms with Gasteiger partial charge in [0.25, 0.3) is 10.1 Å². The maximum atomic E-state index is 12.6. The Morgan fingerprint density at radius 1 is 0.647 bits per heavy atom. The monoisotopic (exact) mass is 1110 g/mol. The molecule has 1 aromatic heterocycles. The van der Waals surface area contributed by atoms with E-state index in [9.17, 15) is 78.4 Å². The predicted octanol–water partition coefficient (Wildman–Crippen LogP) is -9.33. The fourth-order valence-corrected chi connectivity index (χ4v) is 10.1. The van der Waals surface area contributed by atoms with Crippen LogP contribution in [-0.2, 0) is 64.9 Å². The third-order valence-corrected chi connectivity index (χ3v) is 14.1. The molecule has 0 saturated carbocycles. The molecule has 6 rings (SSSR count). The summed E-state index contributed by atoms with van der Waals surface area (Å²) in [5.41, 5.74) is -2.60. The average Bonchev–Trinajstić information content (AvgIpc) is 3.14. The van der Waals surface area contributed by atoms with E-state index in [1.807, 2.05) is 0 Å². The number of benzene rings is 5. The van der Waals surface area contributed by atoms with Gasteiger partial charge in [-0.3, -0.25) is 8.74 Å². The van der Waals surface area contributed by atoms with E-state index < -0.39 is 154 Å². The number of azo groups is 1. The van der Waals surface area contributed by atoms with Crippen molar-refractivity contribution in [2.24, 2.45) is 10.2 Å². The van der Waals surface area contributed by atoms with E-state index >= 15 is 0 Å². The number of nitrogens with zero attached hydrogens (tertiary/aromatic N) is 5. The molecular weight excluding hydrogens is 1090 g/mol. The van der Waals surface area contributed by atoms with Gasteiger partial charge in [-0.2, -0.15) is 23.4 Å². The van der Waals surface area contributed by atoms with Crippen LogP contribution in [0.1, 0.15) is 0 Å². The number of phenols is 1. The minimum Gasteiger partial charge on any atom is -0.744 e. The second kappa shape index (κ2) is 23.5.